The Balaban J connectivity index is 1.57. The molecule has 140 valence electrons. The van der Waals surface area contributed by atoms with Crippen molar-refractivity contribution in [1.82, 2.24) is 9.97 Å². The van der Waals surface area contributed by atoms with Crippen LogP contribution in [0.4, 0.5) is 5.69 Å². The fourth-order valence-corrected chi connectivity index (χ4v) is 4.04. The SMILES string of the molecule is COc1cccc(CC(=O)Nc2cccc(-c3nc4cccnc4s3)c2C)c1. The van der Waals surface area contributed by atoms with Gasteiger partial charge >= 0.3 is 0 Å². The number of hydrogen-bond acceptors (Lipinski definition) is 5. The van der Waals surface area contributed by atoms with Crippen molar-refractivity contribution < 1.29 is 9.53 Å². The summed E-state index contributed by atoms with van der Waals surface area (Å²) in [6, 6.07) is 17.2. The first-order valence-corrected chi connectivity index (χ1v) is 9.70. The van der Waals surface area contributed by atoms with Gasteiger partial charge in [-0.3, -0.25) is 4.79 Å². The number of anilines is 1. The molecule has 0 fully saturated rings. The summed E-state index contributed by atoms with van der Waals surface area (Å²) in [5.74, 6) is 0.674. The first-order chi connectivity index (χ1) is 13.6. The predicted octanol–water partition coefficient (Wildman–Crippen LogP) is 4.86. The minimum atomic E-state index is -0.0699. The highest BCUT2D eigenvalue weighted by Crippen LogP contribution is 2.33. The quantitative estimate of drug-likeness (QED) is 0.530. The Hall–Kier alpha value is -3.25. The average molecular weight is 389 g/mol. The molecule has 0 saturated heterocycles. The second-order valence-corrected chi connectivity index (χ2v) is 7.38. The van der Waals surface area contributed by atoms with Crippen LogP contribution in [0.1, 0.15) is 11.1 Å². The highest BCUT2D eigenvalue weighted by atomic mass is 32.1. The molecule has 0 aliphatic carbocycles. The second kappa shape index (κ2) is 7.78. The Labute approximate surface area is 167 Å². The number of methoxy groups -OCH3 is 1. The summed E-state index contributed by atoms with van der Waals surface area (Å²) in [5, 5.41) is 3.92. The van der Waals surface area contributed by atoms with Gasteiger partial charge in [0.05, 0.1) is 13.5 Å². The normalized spacial score (nSPS) is 10.8. The lowest BCUT2D eigenvalue weighted by molar-refractivity contribution is -0.115. The zero-order chi connectivity index (χ0) is 19.5. The Morgan fingerprint density at radius 2 is 2.00 bits per heavy atom. The van der Waals surface area contributed by atoms with E-state index in [0.29, 0.717) is 0 Å². The lowest BCUT2D eigenvalue weighted by Gasteiger charge is -2.11. The summed E-state index contributed by atoms with van der Waals surface area (Å²) in [7, 11) is 1.62. The molecule has 0 radical (unpaired) electrons. The summed E-state index contributed by atoms with van der Waals surface area (Å²) in [5.41, 5.74) is 4.57. The molecule has 0 aliphatic heterocycles. The van der Waals surface area contributed by atoms with Gasteiger partial charge in [-0.2, -0.15) is 0 Å². The van der Waals surface area contributed by atoms with E-state index < -0.39 is 0 Å². The number of fused-ring (bicyclic) bond motifs is 1. The molecule has 0 saturated carbocycles. The number of rotatable bonds is 5. The Morgan fingerprint density at radius 3 is 2.82 bits per heavy atom. The lowest BCUT2D eigenvalue weighted by Crippen LogP contribution is -2.15. The number of hydrogen-bond donors (Lipinski definition) is 1. The summed E-state index contributed by atoms with van der Waals surface area (Å²) < 4.78 is 5.22. The third-order valence-corrected chi connectivity index (χ3v) is 5.52. The number of carbonyl (C=O) groups excluding carboxylic acids is 1. The standard InChI is InChI=1S/C22H19N3O2S/c1-14-17(21-25-19-10-5-11-23-22(19)28-21)8-4-9-18(14)24-20(26)13-15-6-3-7-16(12-15)27-2/h3-12H,13H2,1-2H3,(H,24,26). The number of nitrogens with zero attached hydrogens (tertiary/aromatic N) is 2. The van der Waals surface area contributed by atoms with Crippen LogP contribution in [0.5, 0.6) is 5.75 Å². The van der Waals surface area contributed by atoms with Crippen molar-refractivity contribution in [3.05, 3.63) is 71.9 Å². The summed E-state index contributed by atoms with van der Waals surface area (Å²) in [6.45, 7) is 2.00. The lowest BCUT2D eigenvalue weighted by atomic mass is 10.1. The van der Waals surface area contributed by atoms with E-state index >= 15 is 0 Å². The van der Waals surface area contributed by atoms with Crippen molar-refractivity contribution in [2.45, 2.75) is 13.3 Å². The molecule has 2 aromatic heterocycles. The van der Waals surface area contributed by atoms with Crippen molar-refractivity contribution >= 4 is 33.3 Å². The molecule has 1 amide bonds. The van der Waals surface area contributed by atoms with Crippen LogP contribution in [0.25, 0.3) is 20.9 Å². The molecule has 0 bridgehead atoms. The molecule has 4 rings (SSSR count). The Morgan fingerprint density at radius 1 is 1.14 bits per heavy atom. The summed E-state index contributed by atoms with van der Waals surface area (Å²) in [4.78, 5) is 22.5. The van der Waals surface area contributed by atoms with E-state index in [9.17, 15) is 4.79 Å². The second-order valence-electron chi connectivity index (χ2n) is 6.40. The molecular formula is C22H19N3O2S. The predicted molar refractivity (Wildman–Crippen MR) is 113 cm³/mol. The zero-order valence-electron chi connectivity index (χ0n) is 15.6. The van der Waals surface area contributed by atoms with Crippen molar-refractivity contribution in [2.75, 3.05) is 12.4 Å². The topological polar surface area (TPSA) is 64.1 Å². The van der Waals surface area contributed by atoms with Crippen LogP contribution in [0.15, 0.2) is 60.8 Å². The maximum Gasteiger partial charge on any atom is 0.228 e. The molecule has 6 heteroatoms. The van der Waals surface area contributed by atoms with Crippen LogP contribution in [-0.2, 0) is 11.2 Å². The van der Waals surface area contributed by atoms with Crippen LogP contribution in [-0.4, -0.2) is 23.0 Å². The maximum atomic E-state index is 12.5. The molecule has 1 N–H and O–H groups in total. The van der Waals surface area contributed by atoms with Gasteiger partial charge in [-0.25, -0.2) is 9.97 Å². The molecule has 0 unspecified atom stereocenters. The van der Waals surface area contributed by atoms with Gasteiger partial charge in [-0.1, -0.05) is 35.6 Å². The van der Waals surface area contributed by atoms with Crippen LogP contribution in [0.3, 0.4) is 0 Å². The van der Waals surface area contributed by atoms with Crippen LogP contribution in [0, 0.1) is 6.92 Å². The first kappa shape index (κ1) is 18.1. The zero-order valence-corrected chi connectivity index (χ0v) is 16.4. The van der Waals surface area contributed by atoms with E-state index in [1.54, 1.807) is 24.6 Å². The van der Waals surface area contributed by atoms with Crippen molar-refractivity contribution in [2.24, 2.45) is 0 Å². The largest absolute Gasteiger partial charge is 0.497 e. The molecule has 5 nitrogen and oxygen atoms in total. The third-order valence-electron chi connectivity index (χ3n) is 4.50. The van der Waals surface area contributed by atoms with E-state index in [-0.39, 0.29) is 12.3 Å². The molecule has 28 heavy (non-hydrogen) atoms. The van der Waals surface area contributed by atoms with Gasteiger partial charge in [0.25, 0.3) is 0 Å². The maximum absolute atomic E-state index is 12.5. The van der Waals surface area contributed by atoms with E-state index in [4.69, 9.17) is 4.74 Å². The van der Waals surface area contributed by atoms with Gasteiger partial charge in [0, 0.05) is 17.4 Å². The fourth-order valence-electron chi connectivity index (χ4n) is 3.05. The summed E-state index contributed by atoms with van der Waals surface area (Å²) >= 11 is 1.55. The highest BCUT2D eigenvalue weighted by Gasteiger charge is 2.13. The number of amides is 1. The van der Waals surface area contributed by atoms with E-state index in [1.807, 2.05) is 61.5 Å². The van der Waals surface area contributed by atoms with E-state index in [1.165, 1.54) is 0 Å². The minimum absolute atomic E-state index is 0.0699. The Bertz CT molecular complexity index is 1120. The molecule has 2 heterocycles. The number of ether oxygens (including phenoxy) is 1. The smallest absolute Gasteiger partial charge is 0.228 e. The average Bonchev–Trinajstić information content (AvgIpc) is 3.13. The third kappa shape index (κ3) is 3.73. The van der Waals surface area contributed by atoms with Crippen LogP contribution >= 0.6 is 11.3 Å². The molecule has 0 atom stereocenters. The Kier molecular flexibility index (Phi) is 5.04. The number of pyridine rings is 1. The number of carbonyl (C=O) groups is 1. The van der Waals surface area contributed by atoms with Gasteiger partial charge < -0.3 is 10.1 Å². The minimum Gasteiger partial charge on any atom is -0.497 e. The summed E-state index contributed by atoms with van der Waals surface area (Å²) in [6.07, 6.45) is 2.05. The number of nitrogens with one attached hydrogen (secondary N) is 1. The number of benzene rings is 2. The van der Waals surface area contributed by atoms with Gasteiger partial charge in [0.15, 0.2) is 0 Å². The van der Waals surface area contributed by atoms with Crippen LogP contribution in [0.2, 0.25) is 0 Å². The van der Waals surface area contributed by atoms with Crippen molar-refractivity contribution in [1.29, 1.82) is 0 Å². The molecule has 0 spiro atoms. The molecule has 2 aromatic carbocycles. The number of aromatic nitrogens is 2. The number of thiazole rings is 1. The highest BCUT2D eigenvalue weighted by molar-refractivity contribution is 7.21. The fraction of sp³-hybridized carbons (Fsp3) is 0.136. The molecular weight excluding hydrogens is 370 g/mol. The molecule has 4 aromatic rings. The van der Waals surface area contributed by atoms with Crippen molar-refractivity contribution in [3.63, 3.8) is 0 Å². The van der Waals surface area contributed by atoms with Crippen LogP contribution < -0.4 is 10.1 Å². The van der Waals surface area contributed by atoms with Crippen molar-refractivity contribution in [3.8, 4) is 16.3 Å². The first-order valence-electron chi connectivity index (χ1n) is 8.88. The van der Waals surface area contributed by atoms with Gasteiger partial charge in [0.1, 0.15) is 21.1 Å². The monoisotopic (exact) mass is 389 g/mol. The van der Waals surface area contributed by atoms with E-state index in [2.05, 4.69) is 15.3 Å². The van der Waals surface area contributed by atoms with Gasteiger partial charge in [-0.05, 0) is 48.4 Å². The van der Waals surface area contributed by atoms with Gasteiger partial charge in [0.2, 0.25) is 5.91 Å². The van der Waals surface area contributed by atoms with Gasteiger partial charge in [-0.15, -0.1) is 0 Å². The van der Waals surface area contributed by atoms with E-state index in [0.717, 1.165) is 43.5 Å². The molecule has 0 aliphatic rings.